The van der Waals surface area contributed by atoms with Crippen LogP contribution in [-0.2, 0) is 6.54 Å². The lowest BCUT2D eigenvalue weighted by molar-refractivity contribution is 0.358. The standard InChI is InChI=1S/C13H16N2/c1-10-5-4-6-12-11(10)9-15-8-3-2-7-13(15)14-12/h4-6H,2-3,7-9H2,1H3. The smallest absolute Gasteiger partial charge is 0.105 e. The second-order valence-electron chi connectivity index (χ2n) is 4.48. The van der Waals surface area contributed by atoms with Gasteiger partial charge in [-0.2, -0.15) is 0 Å². The Balaban J connectivity index is 2.07. The first kappa shape index (κ1) is 8.96. The number of piperidine rings is 1. The van der Waals surface area contributed by atoms with Gasteiger partial charge >= 0.3 is 0 Å². The van der Waals surface area contributed by atoms with Crippen LogP contribution in [0.5, 0.6) is 0 Å². The topological polar surface area (TPSA) is 15.6 Å². The van der Waals surface area contributed by atoms with Crippen LogP contribution in [0.4, 0.5) is 5.69 Å². The molecule has 78 valence electrons. The van der Waals surface area contributed by atoms with E-state index in [0.29, 0.717) is 0 Å². The molecule has 0 unspecified atom stereocenters. The van der Waals surface area contributed by atoms with E-state index in [1.54, 1.807) is 0 Å². The number of benzene rings is 1. The maximum Gasteiger partial charge on any atom is 0.105 e. The van der Waals surface area contributed by atoms with E-state index in [4.69, 9.17) is 4.99 Å². The lowest BCUT2D eigenvalue weighted by atomic mass is 10.0. The molecule has 0 atom stereocenters. The van der Waals surface area contributed by atoms with Gasteiger partial charge in [-0.05, 0) is 31.4 Å². The number of fused-ring (bicyclic) bond motifs is 2. The van der Waals surface area contributed by atoms with Crippen LogP contribution in [0.1, 0.15) is 30.4 Å². The summed E-state index contributed by atoms with van der Waals surface area (Å²) in [6.45, 7) is 4.44. The molecule has 0 N–H and O–H groups in total. The van der Waals surface area contributed by atoms with Crippen molar-refractivity contribution < 1.29 is 0 Å². The van der Waals surface area contributed by atoms with Crippen molar-refractivity contribution in [1.82, 2.24) is 4.90 Å². The van der Waals surface area contributed by atoms with Crippen molar-refractivity contribution in [3.05, 3.63) is 29.3 Å². The molecule has 0 aromatic heterocycles. The number of hydrogen-bond donors (Lipinski definition) is 0. The van der Waals surface area contributed by atoms with E-state index in [0.717, 1.165) is 13.0 Å². The van der Waals surface area contributed by atoms with Gasteiger partial charge in [-0.1, -0.05) is 12.1 Å². The van der Waals surface area contributed by atoms with Gasteiger partial charge in [0, 0.05) is 25.1 Å². The third-order valence-electron chi connectivity index (χ3n) is 3.43. The van der Waals surface area contributed by atoms with Crippen molar-refractivity contribution >= 4 is 11.5 Å². The Morgan fingerprint density at radius 3 is 3.13 bits per heavy atom. The third-order valence-corrected chi connectivity index (χ3v) is 3.43. The minimum absolute atomic E-state index is 1.07. The molecule has 0 saturated carbocycles. The molecule has 2 heterocycles. The summed E-state index contributed by atoms with van der Waals surface area (Å²) in [6.07, 6.45) is 3.78. The summed E-state index contributed by atoms with van der Waals surface area (Å²) in [5.74, 6) is 1.30. The summed E-state index contributed by atoms with van der Waals surface area (Å²) < 4.78 is 0. The van der Waals surface area contributed by atoms with Gasteiger partial charge in [0.05, 0.1) is 5.69 Å². The average molecular weight is 200 g/mol. The Kier molecular flexibility index (Phi) is 2.01. The second-order valence-corrected chi connectivity index (χ2v) is 4.48. The summed E-state index contributed by atoms with van der Waals surface area (Å²) in [4.78, 5) is 7.21. The zero-order valence-corrected chi connectivity index (χ0v) is 9.16. The molecule has 1 aromatic rings. The summed E-state index contributed by atoms with van der Waals surface area (Å²) in [5, 5.41) is 0. The van der Waals surface area contributed by atoms with Crippen LogP contribution in [0.25, 0.3) is 0 Å². The summed E-state index contributed by atoms with van der Waals surface area (Å²) in [6, 6.07) is 6.43. The molecule has 2 nitrogen and oxygen atoms in total. The van der Waals surface area contributed by atoms with Crippen LogP contribution >= 0.6 is 0 Å². The maximum absolute atomic E-state index is 4.77. The van der Waals surface area contributed by atoms with E-state index in [9.17, 15) is 0 Å². The number of aliphatic imine (C=N–C) groups is 1. The monoisotopic (exact) mass is 200 g/mol. The highest BCUT2D eigenvalue weighted by molar-refractivity contribution is 5.87. The van der Waals surface area contributed by atoms with E-state index < -0.39 is 0 Å². The molecule has 0 bridgehead atoms. The van der Waals surface area contributed by atoms with Crippen LogP contribution in [0, 0.1) is 6.92 Å². The van der Waals surface area contributed by atoms with Gasteiger partial charge in [-0.25, -0.2) is 4.99 Å². The first-order valence-electron chi connectivity index (χ1n) is 5.75. The molecule has 0 amide bonds. The fraction of sp³-hybridized carbons (Fsp3) is 0.462. The van der Waals surface area contributed by atoms with Gasteiger partial charge in [0.15, 0.2) is 0 Å². The Morgan fingerprint density at radius 1 is 1.27 bits per heavy atom. The van der Waals surface area contributed by atoms with Crippen molar-refractivity contribution in [2.45, 2.75) is 32.7 Å². The first-order chi connectivity index (χ1) is 7.34. The summed E-state index contributed by atoms with van der Waals surface area (Å²) in [5.41, 5.74) is 3.99. The molecule has 1 fully saturated rings. The third kappa shape index (κ3) is 1.44. The average Bonchev–Trinajstić information content (AvgIpc) is 2.27. The van der Waals surface area contributed by atoms with Gasteiger partial charge in [0.2, 0.25) is 0 Å². The predicted octanol–water partition coefficient (Wildman–Crippen LogP) is 3.02. The van der Waals surface area contributed by atoms with Gasteiger partial charge in [-0.3, -0.25) is 0 Å². The highest BCUT2D eigenvalue weighted by Gasteiger charge is 2.22. The Morgan fingerprint density at radius 2 is 2.20 bits per heavy atom. The second kappa shape index (κ2) is 3.37. The van der Waals surface area contributed by atoms with Crippen LogP contribution in [0.2, 0.25) is 0 Å². The Labute approximate surface area is 90.6 Å². The zero-order valence-electron chi connectivity index (χ0n) is 9.16. The predicted molar refractivity (Wildman–Crippen MR) is 62.5 cm³/mol. The minimum Gasteiger partial charge on any atom is -0.356 e. The molecule has 1 aromatic carbocycles. The molecular formula is C13H16N2. The number of rotatable bonds is 0. The van der Waals surface area contributed by atoms with Crippen LogP contribution < -0.4 is 0 Å². The van der Waals surface area contributed by atoms with Crippen LogP contribution in [0.3, 0.4) is 0 Å². The molecule has 15 heavy (non-hydrogen) atoms. The molecule has 2 aliphatic heterocycles. The molecule has 0 spiro atoms. The fourth-order valence-electron chi connectivity index (χ4n) is 2.50. The van der Waals surface area contributed by atoms with Gasteiger partial charge < -0.3 is 4.90 Å². The van der Waals surface area contributed by atoms with Crippen molar-refractivity contribution in [2.24, 2.45) is 4.99 Å². The SMILES string of the molecule is Cc1cccc2c1CN1CCCCC1=N2. The van der Waals surface area contributed by atoms with Crippen molar-refractivity contribution in [3.63, 3.8) is 0 Å². The van der Waals surface area contributed by atoms with Crippen LogP contribution in [-0.4, -0.2) is 17.3 Å². The van der Waals surface area contributed by atoms with Crippen LogP contribution in [0.15, 0.2) is 23.2 Å². The molecule has 0 radical (unpaired) electrons. The van der Waals surface area contributed by atoms with E-state index in [1.807, 2.05) is 0 Å². The Hall–Kier alpha value is -1.31. The number of nitrogens with zero attached hydrogens (tertiary/aromatic N) is 2. The summed E-state index contributed by atoms with van der Waals surface area (Å²) >= 11 is 0. The molecule has 2 heteroatoms. The molecular weight excluding hydrogens is 184 g/mol. The maximum atomic E-state index is 4.77. The minimum atomic E-state index is 1.07. The lowest BCUT2D eigenvalue weighted by Gasteiger charge is -2.34. The molecule has 3 rings (SSSR count). The highest BCUT2D eigenvalue weighted by atomic mass is 15.2. The first-order valence-corrected chi connectivity index (χ1v) is 5.75. The molecule has 2 aliphatic rings. The van der Waals surface area contributed by atoms with E-state index in [2.05, 4.69) is 30.0 Å². The molecule has 1 saturated heterocycles. The zero-order chi connectivity index (χ0) is 10.3. The number of aryl methyl sites for hydroxylation is 1. The van der Waals surface area contributed by atoms with E-state index in [1.165, 1.54) is 42.0 Å². The van der Waals surface area contributed by atoms with Gasteiger partial charge in [0.25, 0.3) is 0 Å². The summed E-state index contributed by atoms with van der Waals surface area (Å²) in [7, 11) is 0. The highest BCUT2D eigenvalue weighted by Crippen LogP contribution is 2.31. The van der Waals surface area contributed by atoms with Crippen molar-refractivity contribution in [2.75, 3.05) is 6.54 Å². The van der Waals surface area contributed by atoms with Crippen molar-refractivity contribution in [1.29, 1.82) is 0 Å². The van der Waals surface area contributed by atoms with E-state index in [-0.39, 0.29) is 0 Å². The quantitative estimate of drug-likeness (QED) is 0.628. The van der Waals surface area contributed by atoms with Gasteiger partial charge in [0.1, 0.15) is 5.84 Å². The van der Waals surface area contributed by atoms with Crippen molar-refractivity contribution in [3.8, 4) is 0 Å². The Bertz CT molecular complexity index is 421. The fourth-order valence-corrected chi connectivity index (χ4v) is 2.50. The number of amidine groups is 1. The van der Waals surface area contributed by atoms with E-state index >= 15 is 0 Å². The van der Waals surface area contributed by atoms with Gasteiger partial charge in [-0.15, -0.1) is 0 Å². The normalized spacial score (nSPS) is 19.3. The lowest BCUT2D eigenvalue weighted by Crippen LogP contribution is -2.36. The molecule has 0 aliphatic carbocycles. The largest absolute Gasteiger partial charge is 0.356 e. The number of hydrogen-bond acceptors (Lipinski definition) is 2.